The number of ether oxygens (including phenoxy) is 3. The number of para-hydroxylation sites is 2. The van der Waals surface area contributed by atoms with E-state index in [1.807, 2.05) is 80.3 Å². The van der Waals surface area contributed by atoms with Gasteiger partial charge in [0.1, 0.15) is 0 Å². The highest BCUT2D eigenvalue weighted by atomic mass is 16.5. The molecular formula is C30H35N3O5. The SMILES string of the molecule is CCOc1cc(C(=O)Nc2ccccc2N2CCN(C(=O)c3ccccc3)CC2)cc(OCC)c1OCC. The zero-order valence-electron chi connectivity index (χ0n) is 22.2. The normalized spacial score (nSPS) is 13.1. The molecule has 0 bridgehead atoms. The molecule has 1 saturated heterocycles. The monoisotopic (exact) mass is 517 g/mol. The second-order valence-corrected chi connectivity index (χ2v) is 8.72. The van der Waals surface area contributed by atoms with Crippen LogP contribution in [-0.2, 0) is 0 Å². The van der Waals surface area contributed by atoms with Crippen molar-refractivity contribution in [2.45, 2.75) is 20.8 Å². The van der Waals surface area contributed by atoms with Crippen LogP contribution in [0.1, 0.15) is 41.5 Å². The molecule has 1 N–H and O–H groups in total. The minimum atomic E-state index is -0.278. The molecule has 1 heterocycles. The van der Waals surface area contributed by atoms with E-state index in [4.69, 9.17) is 14.2 Å². The first kappa shape index (κ1) is 26.9. The Morgan fingerprint density at radius 2 is 1.32 bits per heavy atom. The number of carbonyl (C=O) groups is 2. The summed E-state index contributed by atoms with van der Waals surface area (Å²) in [5.74, 6) is 1.20. The predicted molar refractivity (Wildman–Crippen MR) is 149 cm³/mol. The van der Waals surface area contributed by atoms with Crippen molar-refractivity contribution in [1.82, 2.24) is 4.90 Å². The van der Waals surface area contributed by atoms with Crippen LogP contribution in [0.15, 0.2) is 66.7 Å². The topological polar surface area (TPSA) is 80.3 Å². The maximum atomic E-state index is 13.4. The van der Waals surface area contributed by atoms with Crippen molar-refractivity contribution in [3.63, 3.8) is 0 Å². The lowest BCUT2D eigenvalue weighted by Crippen LogP contribution is -2.49. The number of anilines is 2. The largest absolute Gasteiger partial charge is 0.490 e. The van der Waals surface area contributed by atoms with Crippen molar-refractivity contribution >= 4 is 23.2 Å². The van der Waals surface area contributed by atoms with Gasteiger partial charge in [-0.3, -0.25) is 9.59 Å². The van der Waals surface area contributed by atoms with Crippen LogP contribution in [0.5, 0.6) is 17.2 Å². The number of hydrogen-bond acceptors (Lipinski definition) is 6. The standard InChI is InChI=1S/C30H35N3O5/c1-4-36-26-20-23(21-27(37-5-2)28(26)38-6-3)29(34)31-24-14-10-11-15-25(24)32-16-18-33(19-17-32)30(35)22-12-8-7-9-13-22/h7-15,20-21H,4-6,16-19H2,1-3H3,(H,31,34). The summed E-state index contributed by atoms with van der Waals surface area (Å²) in [4.78, 5) is 30.3. The Bertz CT molecular complexity index is 1210. The number of piperazine rings is 1. The van der Waals surface area contributed by atoms with Crippen LogP contribution in [0.4, 0.5) is 11.4 Å². The van der Waals surface area contributed by atoms with Gasteiger partial charge in [0.05, 0.1) is 31.2 Å². The van der Waals surface area contributed by atoms with Gasteiger partial charge in [-0.2, -0.15) is 0 Å². The lowest BCUT2D eigenvalue weighted by molar-refractivity contribution is 0.0746. The third-order valence-corrected chi connectivity index (χ3v) is 6.25. The number of amides is 2. The van der Waals surface area contributed by atoms with Crippen molar-refractivity contribution in [2.75, 3.05) is 56.2 Å². The first-order valence-electron chi connectivity index (χ1n) is 13.1. The number of carbonyl (C=O) groups excluding carboxylic acids is 2. The smallest absolute Gasteiger partial charge is 0.255 e. The molecule has 0 aliphatic carbocycles. The van der Waals surface area contributed by atoms with Gasteiger partial charge in [-0.25, -0.2) is 0 Å². The van der Waals surface area contributed by atoms with Gasteiger partial charge in [0.15, 0.2) is 11.5 Å². The van der Waals surface area contributed by atoms with E-state index in [0.29, 0.717) is 80.1 Å². The molecule has 0 atom stereocenters. The Balaban J connectivity index is 1.50. The third kappa shape index (κ3) is 6.19. The van der Waals surface area contributed by atoms with E-state index in [1.165, 1.54) is 0 Å². The Morgan fingerprint density at radius 3 is 1.92 bits per heavy atom. The quantitative estimate of drug-likeness (QED) is 0.403. The molecule has 38 heavy (non-hydrogen) atoms. The maximum absolute atomic E-state index is 13.4. The highest BCUT2D eigenvalue weighted by Gasteiger charge is 2.24. The molecule has 3 aromatic carbocycles. The third-order valence-electron chi connectivity index (χ3n) is 6.25. The van der Waals surface area contributed by atoms with E-state index in [-0.39, 0.29) is 11.8 Å². The zero-order chi connectivity index (χ0) is 26.9. The van der Waals surface area contributed by atoms with Crippen molar-refractivity contribution in [1.29, 1.82) is 0 Å². The molecule has 1 aliphatic heterocycles. The van der Waals surface area contributed by atoms with E-state index in [2.05, 4.69) is 10.2 Å². The summed E-state index contributed by atoms with van der Waals surface area (Å²) in [7, 11) is 0. The van der Waals surface area contributed by atoms with Crippen molar-refractivity contribution in [3.8, 4) is 17.2 Å². The molecule has 0 saturated carbocycles. The molecule has 8 heteroatoms. The van der Waals surface area contributed by atoms with Gasteiger partial charge in [0, 0.05) is 37.3 Å². The highest BCUT2D eigenvalue weighted by molar-refractivity contribution is 6.06. The summed E-state index contributed by atoms with van der Waals surface area (Å²) in [5.41, 5.74) is 2.72. The van der Waals surface area contributed by atoms with E-state index in [1.54, 1.807) is 12.1 Å². The Hall–Kier alpha value is -4.20. The Morgan fingerprint density at radius 1 is 0.737 bits per heavy atom. The minimum Gasteiger partial charge on any atom is -0.490 e. The van der Waals surface area contributed by atoms with Crippen molar-refractivity contribution in [2.24, 2.45) is 0 Å². The molecule has 4 rings (SSSR count). The van der Waals surface area contributed by atoms with E-state index in [0.717, 1.165) is 5.69 Å². The predicted octanol–water partition coefficient (Wildman–Crippen LogP) is 5.10. The second-order valence-electron chi connectivity index (χ2n) is 8.72. The van der Waals surface area contributed by atoms with Crippen LogP contribution in [0.2, 0.25) is 0 Å². The molecule has 2 amide bonds. The van der Waals surface area contributed by atoms with Crippen LogP contribution in [-0.4, -0.2) is 62.7 Å². The number of nitrogens with one attached hydrogen (secondary N) is 1. The average Bonchev–Trinajstić information content (AvgIpc) is 2.95. The van der Waals surface area contributed by atoms with E-state index in [9.17, 15) is 9.59 Å². The van der Waals surface area contributed by atoms with Crippen LogP contribution in [0, 0.1) is 0 Å². The molecule has 1 fully saturated rings. The van der Waals surface area contributed by atoms with Gasteiger partial charge in [-0.15, -0.1) is 0 Å². The van der Waals surface area contributed by atoms with Gasteiger partial charge >= 0.3 is 0 Å². The lowest BCUT2D eigenvalue weighted by Gasteiger charge is -2.37. The van der Waals surface area contributed by atoms with Crippen LogP contribution < -0.4 is 24.4 Å². The maximum Gasteiger partial charge on any atom is 0.255 e. The zero-order valence-corrected chi connectivity index (χ0v) is 22.2. The van der Waals surface area contributed by atoms with Crippen LogP contribution >= 0.6 is 0 Å². The number of hydrogen-bond donors (Lipinski definition) is 1. The molecule has 0 aromatic heterocycles. The summed E-state index contributed by atoms with van der Waals surface area (Å²) < 4.78 is 17.3. The Labute approximate surface area is 224 Å². The molecule has 8 nitrogen and oxygen atoms in total. The molecule has 200 valence electrons. The van der Waals surface area contributed by atoms with Crippen molar-refractivity contribution < 1.29 is 23.8 Å². The summed E-state index contributed by atoms with van der Waals surface area (Å²) in [5, 5.41) is 3.06. The van der Waals surface area contributed by atoms with Gasteiger partial charge in [-0.1, -0.05) is 30.3 Å². The van der Waals surface area contributed by atoms with E-state index >= 15 is 0 Å². The molecule has 0 radical (unpaired) electrons. The second kappa shape index (κ2) is 12.9. The van der Waals surface area contributed by atoms with Crippen molar-refractivity contribution in [3.05, 3.63) is 77.9 Å². The number of benzene rings is 3. The summed E-state index contributed by atoms with van der Waals surface area (Å²) in [6.07, 6.45) is 0. The average molecular weight is 518 g/mol. The van der Waals surface area contributed by atoms with Gasteiger partial charge < -0.3 is 29.3 Å². The van der Waals surface area contributed by atoms with Crippen LogP contribution in [0.25, 0.3) is 0 Å². The first-order chi connectivity index (χ1) is 18.5. The fourth-order valence-electron chi connectivity index (χ4n) is 4.48. The van der Waals surface area contributed by atoms with Gasteiger partial charge in [0.25, 0.3) is 11.8 Å². The highest BCUT2D eigenvalue weighted by Crippen LogP contribution is 2.39. The fraction of sp³-hybridized carbons (Fsp3) is 0.333. The number of rotatable bonds is 10. The van der Waals surface area contributed by atoms with Gasteiger partial charge in [0.2, 0.25) is 5.75 Å². The molecule has 0 spiro atoms. The summed E-state index contributed by atoms with van der Waals surface area (Å²) in [6, 6.07) is 20.4. The Kier molecular flexibility index (Phi) is 9.08. The summed E-state index contributed by atoms with van der Waals surface area (Å²) >= 11 is 0. The molecular weight excluding hydrogens is 482 g/mol. The fourth-order valence-corrected chi connectivity index (χ4v) is 4.48. The first-order valence-corrected chi connectivity index (χ1v) is 13.1. The van der Waals surface area contributed by atoms with Gasteiger partial charge in [-0.05, 0) is 57.2 Å². The lowest BCUT2D eigenvalue weighted by atomic mass is 10.1. The minimum absolute atomic E-state index is 0.0394. The number of nitrogens with zero attached hydrogens (tertiary/aromatic N) is 2. The molecule has 1 aliphatic rings. The summed E-state index contributed by atoms with van der Waals surface area (Å²) in [6.45, 7) is 9.49. The molecule has 3 aromatic rings. The van der Waals surface area contributed by atoms with Crippen LogP contribution in [0.3, 0.4) is 0 Å². The molecule has 0 unspecified atom stereocenters. The van der Waals surface area contributed by atoms with E-state index < -0.39 is 0 Å².